The number of benzene rings is 1. The third-order valence-electron chi connectivity index (χ3n) is 1.73. The number of hydrogen-bond acceptors (Lipinski definition) is 2. The summed E-state index contributed by atoms with van der Waals surface area (Å²) in [5.41, 5.74) is 0.595. The van der Waals surface area contributed by atoms with Crippen LogP contribution in [0.2, 0.25) is 10.2 Å². The molecule has 2 rings (SSSR count). The summed E-state index contributed by atoms with van der Waals surface area (Å²) in [5.74, 6) is 0.117. The van der Waals surface area contributed by atoms with Crippen molar-refractivity contribution in [2.24, 2.45) is 0 Å². The van der Waals surface area contributed by atoms with Gasteiger partial charge >= 0.3 is 0 Å². The quantitative estimate of drug-likeness (QED) is 0.682. The SMILES string of the molecule is Oc1cccc2nc(Cl)cc(Cl)c12. The Kier molecular flexibility index (Phi) is 2.02. The van der Waals surface area contributed by atoms with Gasteiger partial charge in [-0.3, -0.25) is 0 Å². The van der Waals surface area contributed by atoms with Gasteiger partial charge in [-0.25, -0.2) is 4.98 Å². The van der Waals surface area contributed by atoms with Crippen molar-refractivity contribution in [1.82, 2.24) is 4.98 Å². The van der Waals surface area contributed by atoms with Crippen molar-refractivity contribution in [2.45, 2.75) is 0 Å². The largest absolute Gasteiger partial charge is 0.507 e. The maximum absolute atomic E-state index is 9.48. The van der Waals surface area contributed by atoms with Crippen molar-refractivity contribution in [3.63, 3.8) is 0 Å². The molecule has 1 aromatic heterocycles. The molecule has 0 amide bonds. The average molecular weight is 214 g/mol. The van der Waals surface area contributed by atoms with Gasteiger partial charge in [0.25, 0.3) is 0 Å². The van der Waals surface area contributed by atoms with Gasteiger partial charge in [-0.05, 0) is 18.2 Å². The summed E-state index contributed by atoms with van der Waals surface area (Å²) in [5, 5.41) is 10.7. The molecule has 0 aliphatic rings. The minimum absolute atomic E-state index is 0.117. The summed E-state index contributed by atoms with van der Waals surface area (Å²) in [6.45, 7) is 0. The number of fused-ring (bicyclic) bond motifs is 1. The summed E-state index contributed by atoms with van der Waals surface area (Å²) in [6, 6.07) is 6.50. The van der Waals surface area contributed by atoms with Crippen molar-refractivity contribution in [3.8, 4) is 5.75 Å². The second-order valence-electron chi connectivity index (χ2n) is 2.60. The van der Waals surface area contributed by atoms with Gasteiger partial charge < -0.3 is 5.11 Å². The summed E-state index contributed by atoms with van der Waals surface area (Å²) in [6.07, 6.45) is 0. The number of hydrogen-bond donors (Lipinski definition) is 1. The van der Waals surface area contributed by atoms with Crippen molar-refractivity contribution in [2.75, 3.05) is 0 Å². The smallest absolute Gasteiger partial charge is 0.131 e. The highest BCUT2D eigenvalue weighted by Crippen LogP contribution is 2.31. The minimum Gasteiger partial charge on any atom is -0.507 e. The highest BCUT2D eigenvalue weighted by molar-refractivity contribution is 6.38. The number of rotatable bonds is 0. The van der Waals surface area contributed by atoms with E-state index in [1.165, 1.54) is 6.07 Å². The van der Waals surface area contributed by atoms with E-state index in [1.807, 2.05) is 0 Å². The number of phenols is 1. The van der Waals surface area contributed by atoms with E-state index in [0.29, 0.717) is 21.1 Å². The zero-order valence-corrected chi connectivity index (χ0v) is 7.97. The van der Waals surface area contributed by atoms with Gasteiger partial charge in [0.1, 0.15) is 10.9 Å². The number of halogens is 2. The molecule has 0 fully saturated rings. The van der Waals surface area contributed by atoms with Crippen molar-refractivity contribution < 1.29 is 5.11 Å². The molecule has 0 saturated heterocycles. The molecule has 0 aliphatic heterocycles. The van der Waals surface area contributed by atoms with Crippen LogP contribution in [0.15, 0.2) is 24.3 Å². The van der Waals surface area contributed by atoms with E-state index < -0.39 is 0 Å². The Hall–Kier alpha value is -0.990. The van der Waals surface area contributed by atoms with E-state index in [4.69, 9.17) is 23.2 Å². The zero-order valence-electron chi connectivity index (χ0n) is 6.46. The lowest BCUT2D eigenvalue weighted by Crippen LogP contribution is -1.81. The fraction of sp³-hybridized carbons (Fsp3) is 0. The molecule has 0 atom stereocenters. The van der Waals surface area contributed by atoms with E-state index in [2.05, 4.69) is 4.98 Å². The molecule has 4 heteroatoms. The molecule has 0 aliphatic carbocycles. The van der Waals surface area contributed by atoms with Crippen LogP contribution in [0.3, 0.4) is 0 Å². The molecule has 1 heterocycles. The van der Waals surface area contributed by atoms with E-state index >= 15 is 0 Å². The standard InChI is InChI=1S/C9H5Cl2NO/c10-5-4-8(11)12-6-2-1-3-7(13)9(5)6/h1-4,13H. The van der Waals surface area contributed by atoms with Crippen LogP contribution in [0, 0.1) is 0 Å². The fourth-order valence-corrected chi connectivity index (χ4v) is 1.74. The predicted molar refractivity (Wildman–Crippen MR) is 53.4 cm³/mol. The first-order chi connectivity index (χ1) is 6.18. The number of pyridine rings is 1. The zero-order chi connectivity index (χ0) is 9.42. The molecule has 13 heavy (non-hydrogen) atoms. The van der Waals surface area contributed by atoms with Gasteiger partial charge in [-0.2, -0.15) is 0 Å². The summed E-state index contributed by atoms with van der Waals surface area (Å²) in [4.78, 5) is 4.02. The molecular weight excluding hydrogens is 209 g/mol. The fourth-order valence-electron chi connectivity index (χ4n) is 1.19. The predicted octanol–water partition coefficient (Wildman–Crippen LogP) is 3.25. The lowest BCUT2D eigenvalue weighted by Gasteiger charge is -2.02. The van der Waals surface area contributed by atoms with E-state index in [1.54, 1.807) is 18.2 Å². The van der Waals surface area contributed by atoms with Gasteiger partial charge in [0.05, 0.1) is 15.9 Å². The second kappa shape index (κ2) is 3.05. The van der Waals surface area contributed by atoms with Crippen LogP contribution in [0.1, 0.15) is 0 Å². The molecule has 1 aromatic carbocycles. The third-order valence-corrected chi connectivity index (χ3v) is 2.22. The van der Waals surface area contributed by atoms with Crippen LogP contribution in [-0.4, -0.2) is 10.1 Å². The number of phenolic OH excluding ortho intramolecular Hbond substituents is 1. The number of nitrogens with zero attached hydrogens (tertiary/aromatic N) is 1. The first-order valence-corrected chi connectivity index (χ1v) is 4.38. The molecule has 0 radical (unpaired) electrons. The Morgan fingerprint density at radius 3 is 2.77 bits per heavy atom. The Morgan fingerprint density at radius 1 is 1.23 bits per heavy atom. The van der Waals surface area contributed by atoms with Crippen LogP contribution in [0.5, 0.6) is 5.75 Å². The molecular formula is C9H5Cl2NO. The normalized spacial score (nSPS) is 10.6. The van der Waals surface area contributed by atoms with Gasteiger partial charge in [0.15, 0.2) is 0 Å². The molecule has 66 valence electrons. The summed E-state index contributed by atoms with van der Waals surface area (Å²) >= 11 is 11.6. The Morgan fingerprint density at radius 2 is 2.00 bits per heavy atom. The van der Waals surface area contributed by atoms with Crippen LogP contribution in [0.25, 0.3) is 10.9 Å². The van der Waals surface area contributed by atoms with Crippen molar-refractivity contribution in [1.29, 1.82) is 0 Å². The van der Waals surface area contributed by atoms with Crippen LogP contribution >= 0.6 is 23.2 Å². The molecule has 1 N–H and O–H groups in total. The topological polar surface area (TPSA) is 33.1 Å². The number of aromatic nitrogens is 1. The van der Waals surface area contributed by atoms with E-state index in [9.17, 15) is 5.11 Å². The molecule has 0 spiro atoms. The Bertz CT molecular complexity index is 470. The molecule has 0 unspecified atom stereocenters. The first kappa shape index (κ1) is 8.60. The molecule has 2 nitrogen and oxygen atoms in total. The van der Waals surface area contributed by atoms with Crippen molar-refractivity contribution in [3.05, 3.63) is 34.4 Å². The van der Waals surface area contributed by atoms with Crippen LogP contribution in [-0.2, 0) is 0 Å². The average Bonchev–Trinajstić information content (AvgIpc) is 2.02. The van der Waals surface area contributed by atoms with Gasteiger partial charge in [-0.15, -0.1) is 0 Å². The first-order valence-electron chi connectivity index (χ1n) is 3.62. The summed E-state index contributed by atoms with van der Waals surface area (Å²) in [7, 11) is 0. The number of aromatic hydroxyl groups is 1. The lowest BCUT2D eigenvalue weighted by atomic mass is 10.2. The maximum Gasteiger partial charge on any atom is 0.131 e. The second-order valence-corrected chi connectivity index (χ2v) is 3.39. The van der Waals surface area contributed by atoms with E-state index in [-0.39, 0.29) is 5.75 Å². The van der Waals surface area contributed by atoms with E-state index in [0.717, 1.165) is 0 Å². The minimum atomic E-state index is 0.117. The highest BCUT2D eigenvalue weighted by atomic mass is 35.5. The van der Waals surface area contributed by atoms with Gasteiger partial charge in [0, 0.05) is 0 Å². The van der Waals surface area contributed by atoms with Crippen molar-refractivity contribution >= 4 is 34.1 Å². The lowest BCUT2D eigenvalue weighted by molar-refractivity contribution is 0.481. The summed E-state index contributed by atoms with van der Waals surface area (Å²) < 4.78 is 0. The van der Waals surface area contributed by atoms with Crippen LogP contribution in [0.4, 0.5) is 0 Å². The Labute approximate surface area is 84.7 Å². The monoisotopic (exact) mass is 213 g/mol. The van der Waals surface area contributed by atoms with Crippen LogP contribution < -0.4 is 0 Å². The third kappa shape index (κ3) is 1.43. The van der Waals surface area contributed by atoms with Gasteiger partial charge in [-0.1, -0.05) is 29.3 Å². The maximum atomic E-state index is 9.48. The molecule has 2 aromatic rings. The molecule has 0 bridgehead atoms. The Balaban J connectivity index is 2.94. The molecule has 0 saturated carbocycles. The van der Waals surface area contributed by atoms with Gasteiger partial charge in [0.2, 0.25) is 0 Å². The highest BCUT2D eigenvalue weighted by Gasteiger charge is 2.06.